The van der Waals surface area contributed by atoms with Crippen molar-refractivity contribution in [2.24, 2.45) is 4.99 Å². The van der Waals surface area contributed by atoms with Gasteiger partial charge in [0, 0.05) is 18.7 Å². The predicted molar refractivity (Wildman–Crippen MR) is 119 cm³/mol. The number of carbonyl (C=O) groups is 2. The van der Waals surface area contributed by atoms with Crippen LogP contribution in [-0.4, -0.2) is 48.2 Å². The molecule has 2 aliphatic heterocycles. The van der Waals surface area contributed by atoms with Gasteiger partial charge >= 0.3 is 0 Å². The minimum absolute atomic E-state index is 0.0288. The molecule has 4 rings (SSSR count). The maximum atomic E-state index is 13.2. The van der Waals surface area contributed by atoms with Crippen molar-refractivity contribution in [3.63, 3.8) is 0 Å². The van der Waals surface area contributed by atoms with E-state index in [2.05, 4.69) is 10.3 Å². The van der Waals surface area contributed by atoms with E-state index >= 15 is 0 Å². The lowest BCUT2D eigenvalue weighted by Gasteiger charge is -2.27. The smallest absolute Gasteiger partial charge is 0.254 e. The Bertz CT molecular complexity index is 1000. The number of hydrogen-bond acceptors (Lipinski definition) is 5. The number of amidine groups is 1. The molecule has 0 spiro atoms. The summed E-state index contributed by atoms with van der Waals surface area (Å²) in [6.07, 6.45) is 0. The molecule has 2 fully saturated rings. The van der Waals surface area contributed by atoms with Gasteiger partial charge in [0.15, 0.2) is 5.17 Å². The van der Waals surface area contributed by atoms with Crippen LogP contribution in [0, 0.1) is 5.82 Å². The van der Waals surface area contributed by atoms with Crippen molar-refractivity contribution in [2.45, 2.75) is 24.6 Å². The van der Waals surface area contributed by atoms with Gasteiger partial charge in [-0.05, 0) is 49.2 Å². The van der Waals surface area contributed by atoms with Crippen molar-refractivity contribution in [3.8, 4) is 0 Å². The number of morpholine rings is 1. The highest BCUT2D eigenvalue weighted by atomic mass is 32.2. The molecular weight excluding hydrogens is 417 g/mol. The zero-order chi connectivity index (χ0) is 22.0. The SMILES string of the molecule is C[C@H](N=C1NC(=O)C(C)(c2ccc(C(=O)N3CCOCC3)cc2)S1)c1ccc(F)cc1. The summed E-state index contributed by atoms with van der Waals surface area (Å²) in [5.41, 5.74) is 2.26. The van der Waals surface area contributed by atoms with Gasteiger partial charge in [-0.1, -0.05) is 36.0 Å². The highest BCUT2D eigenvalue weighted by Gasteiger charge is 2.44. The molecule has 1 unspecified atom stereocenters. The number of hydrogen-bond donors (Lipinski definition) is 1. The Morgan fingerprint density at radius 2 is 1.81 bits per heavy atom. The number of amides is 2. The van der Waals surface area contributed by atoms with Crippen molar-refractivity contribution in [2.75, 3.05) is 26.3 Å². The number of ether oxygens (including phenoxy) is 1. The minimum Gasteiger partial charge on any atom is -0.378 e. The summed E-state index contributed by atoms with van der Waals surface area (Å²) >= 11 is 1.35. The second kappa shape index (κ2) is 8.80. The first kappa shape index (κ1) is 21.5. The lowest BCUT2D eigenvalue weighted by molar-refractivity contribution is -0.121. The number of thioether (sulfide) groups is 1. The van der Waals surface area contributed by atoms with E-state index in [1.807, 2.05) is 26.0 Å². The fourth-order valence-electron chi connectivity index (χ4n) is 3.60. The van der Waals surface area contributed by atoms with E-state index in [-0.39, 0.29) is 23.7 Å². The van der Waals surface area contributed by atoms with E-state index < -0.39 is 4.75 Å². The third-order valence-electron chi connectivity index (χ3n) is 5.60. The minimum atomic E-state index is -0.845. The van der Waals surface area contributed by atoms with Crippen molar-refractivity contribution >= 4 is 28.7 Å². The molecule has 0 bridgehead atoms. The van der Waals surface area contributed by atoms with Crippen molar-refractivity contribution in [1.82, 2.24) is 10.2 Å². The number of aliphatic imine (C=N–C) groups is 1. The van der Waals surface area contributed by atoms with Crippen molar-refractivity contribution in [3.05, 3.63) is 71.0 Å². The van der Waals surface area contributed by atoms with Crippen LogP contribution in [-0.2, 0) is 14.3 Å². The van der Waals surface area contributed by atoms with Crippen LogP contribution in [0.25, 0.3) is 0 Å². The quantitative estimate of drug-likeness (QED) is 0.789. The number of benzene rings is 2. The summed E-state index contributed by atoms with van der Waals surface area (Å²) in [4.78, 5) is 31.8. The normalized spacial score (nSPS) is 23.6. The van der Waals surface area contributed by atoms with Gasteiger partial charge in [0.2, 0.25) is 5.91 Å². The molecule has 2 amide bonds. The summed E-state index contributed by atoms with van der Waals surface area (Å²) in [7, 11) is 0. The van der Waals surface area contributed by atoms with Crippen LogP contribution in [0.1, 0.15) is 41.4 Å². The fourth-order valence-corrected chi connectivity index (χ4v) is 4.74. The number of carbonyl (C=O) groups excluding carboxylic acids is 2. The second-order valence-electron chi connectivity index (χ2n) is 7.73. The van der Waals surface area contributed by atoms with Gasteiger partial charge in [0.05, 0.1) is 19.3 Å². The van der Waals surface area contributed by atoms with Crippen LogP contribution in [0.3, 0.4) is 0 Å². The Labute approximate surface area is 184 Å². The number of nitrogens with zero attached hydrogens (tertiary/aromatic N) is 2. The molecular formula is C23H24FN3O3S. The molecule has 2 heterocycles. The van der Waals surface area contributed by atoms with Gasteiger partial charge in [-0.25, -0.2) is 4.39 Å². The molecule has 8 heteroatoms. The highest BCUT2D eigenvalue weighted by Crippen LogP contribution is 2.41. The number of nitrogens with one attached hydrogen (secondary N) is 1. The molecule has 0 radical (unpaired) electrons. The molecule has 2 atom stereocenters. The van der Waals surface area contributed by atoms with Crippen LogP contribution in [0.5, 0.6) is 0 Å². The second-order valence-corrected chi connectivity index (χ2v) is 9.14. The zero-order valence-electron chi connectivity index (χ0n) is 17.4. The van der Waals surface area contributed by atoms with Crippen molar-refractivity contribution < 1.29 is 18.7 Å². The van der Waals surface area contributed by atoms with Gasteiger partial charge in [-0.3, -0.25) is 14.6 Å². The van der Waals surface area contributed by atoms with Gasteiger partial charge in [0.1, 0.15) is 10.6 Å². The largest absolute Gasteiger partial charge is 0.378 e. The van der Waals surface area contributed by atoms with E-state index in [9.17, 15) is 14.0 Å². The van der Waals surface area contributed by atoms with E-state index in [0.717, 1.165) is 11.1 Å². The Hall–Kier alpha value is -2.71. The maximum absolute atomic E-state index is 13.2. The lowest BCUT2D eigenvalue weighted by Crippen LogP contribution is -2.40. The molecule has 162 valence electrons. The first-order chi connectivity index (χ1) is 14.9. The molecule has 1 N–H and O–H groups in total. The van der Waals surface area contributed by atoms with Gasteiger partial charge < -0.3 is 15.0 Å². The molecule has 31 heavy (non-hydrogen) atoms. The monoisotopic (exact) mass is 441 g/mol. The van der Waals surface area contributed by atoms with Crippen molar-refractivity contribution in [1.29, 1.82) is 0 Å². The first-order valence-corrected chi connectivity index (χ1v) is 11.0. The van der Waals surface area contributed by atoms with E-state index in [4.69, 9.17) is 4.74 Å². The standard InChI is InChI=1S/C23H24FN3O3S/c1-15(16-5-9-19(24)10-6-16)25-22-26-21(29)23(2,31-22)18-7-3-17(4-8-18)20(28)27-11-13-30-14-12-27/h3-10,15H,11-14H2,1-2H3,(H,25,26,29)/t15-,23?/m0/s1. The lowest BCUT2D eigenvalue weighted by atomic mass is 9.98. The molecule has 2 aromatic carbocycles. The Morgan fingerprint density at radius 3 is 2.45 bits per heavy atom. The Morgan fingerprint density at radius 1 is 1.16 bits per heavy atom. The van der Waals surface area contributed by atoms with Gasteiger partial charge in [0.25, 0.3) is 5.91 Å². The van der Waals surface area contributed by atoms with E-state index in [0.29, 0.717) is 37.0 Å². The van der Waals surface area contributed by atoms with E-state index in [1.54, 1.807) is 29.2 Å². The Kier molecular flexibility index (Phi) is 6.11. The molecule has 6 nitrogen and oxygen atoms in total. The molecule has 2 aromatic rings. The third-order valence-corrected chi connectivity index (χ3v) is 6.83. The molecule has 0 aromatic heterocycles. The summed E-state index contributed by atoms with van der Waals surface area (Å²) in [6.45, 7) is 6.02. The van der Waals surface area contributed by atoms with Gasteiger partial charge in [-0.2, -0.15) is 0 Å². The summed E-state index contributed by atoms with van der Waals surface area (Å²) < 4.78 is 17.6. The third kappa shape index (κ3) is 4.50. The molecule has 0 aliphatic carbocycles. The Balaban J connectivity index is 1.49. The summed E-state index contributed by atoms with van der Waals surface area (Å²) in [6, 6.07) is 13.1. The predicted octanol–water partition coefficient (Wildman–Crippen LogP) is 3.49. The topological polar surface area (TPSA) is 71.0 Å². The van der Waals surface area contributed by atoms with Crippen LogP contribution in [0.2, 0.25) is 0 Å². The fraction of sp³-hybridized carbons (Fsp3) is 0.348. The van der Waals surface area contributed by atoms with Crippen LogP contribution < -0.4 is 5.32 Å². The van der Waals surface area contributed by atoms with E-state index in [1.165, 1.54) is 23.9 Å². The van der Waals surface area contributed by atoms with Crippen LogP contribution >= 0.6 is 11.8 Å². The van der Waals surface area contributed by atoms with Crippen LogP contribution in [0.4, 0.5) is 4.39 Å². The highest BCUT2D eigenvalue weighted by molar-refractivity contribution is 8.15. The number of halogens is 1. The summed E-state index contributed by atoms with van der Waals surface area (Å²) in [5, 5.41) is 3.38. The molecule has 2 saturated heterocycles. The first-order valence-electron chi connectivity index (χ1n) is 10.2. The average Bonchev–Trinajstić information content (AvgIpc) is 3.08. The molecule has 0 saturated carbocycles. The molecule has 2 aliphatic rings. The maximum Gasteiger partial charge on any atom is 0.254 e. The van der Waals surface area contributed by atoms with Gasteiger partial charge in [-0.15, -0.1) is 0 Å². The average molecular weight is 442 g/mol. The van der Waals surface area contributed by atoms with Crippen LogP contribution in [0.15, 0.2) is 53.5 Å². The zero-order valence-corrected chi connectivity index (χ0v) is 18.2. The number of rotatable bonds is 4. The summed E-state index contributed by atoms with van der Waals surface area (Å²) in [5.74, 6) is -0.482.